The Morgan fingerprint density at radius 2 is 1.76 bits per heavy atom. The number of nitrogens with zero attached hydrogens (tertiary/aromatic N) is 2. The van der Waals surface area contributed by atoms with Gasteiger partial charge in [-0.1, -0.05) is 24.9 Å². The van der Waals surface area contributed by atoms with Crippen LogP contribution in [-0.4, -0.2) is 73.4 Å². The monoisotopic (exact) mass is 572 g/mol. The standard InChI is InChI=1S/C26H31ClF2N2O6S/c1-2-7-26(33)8-10-30(11-9-26)25(32)37-16-22-15-36-17-24(18-12-20(28)14-21(29)13-18)31(22)38(34,35)23-5-3-19(27)4-6-23/h3-6,12-14,22,24,33H,2,7-11,15-17H2,1H3/t22-,24+/m1/s1. The number of likely N-dealkylation sites (tertiary alicyclic amines) is 1. The molecule has 1 N–H and O–H groups in total. The molecule has 2 aliphatic rings. The Morgan fingerprint density at radius 3 is 2.37 bits per heavy atom. The van der Waals surface area contributed by atoms with Crippen LogP contribution in [0.1, 0.15) is 44.2 Å². The van der Waals surface area contributed by atoms with Crippen molar-refractivity contribution < 1.29 is 36.6 Å². The molecule has 8 nitrogen and oxygen atoms in total. The van der Waals surface area contributed by atoms with E-state index in [4.69, 9.17) is 21.1 Å². The van der Waals surface area contributed by atoms with Crippen molar-refractivity contribution in [1.82, 2.24) is 9.21 Å². The fraction of sp³-hybridized carbons (Fsp3) is 0.500. The Balaban J connectivity index is 1.57. The molecule has 2 heterocycles. The molecule has 2 saturated heterocycles. The quantitative estimate of drug-likeness (QED) is 0.524. The molecule has 0 aromatic heterocycles. The number of morpholine rings is 1. The first-order chi connectivity index (χ1) is 18.0. The number of hydrogen-bond donors (Lipinski definition) is 1. The lowest BCUT2D eigenvalue weighted by Gasteiger charge is -2.41. The van der Waals surface area contributed by atoms with Crippen LogP contribution < -0.4 is 0 Å². The minimum atomic E-state index is -4.23. The van der Waals surface area contributed by atoms with E-state index in [0.29, 0.717) is 43.4 Å². The molecular weight excluding hydrogens is 542 g/mol. The number of benzene rings is 2. The van der Waals surface area contributed by atoms with Crippen LogP contribution >= 0.6 is 11.6 Å². The zero-order valence-electron chi connectivity index (χ0n) is 21.0. The van der Waals surface area contributed by atoms with Gasteiger partial charge in [0.1, 0.15) is 18.2 Å². The van der Waals surface area contributed by atoms with Gasteiger partial charge in [0.25, 0.3) is 0 Å². The molecule has 2 aromatic carbocycles. The number of aliphatic hydroxyl groups is 1. The maximum atomic E-state index is 14.1. The Bertz CT molecular complexity index is 1220. The maximum Gasteiger partial charge on any atom is 0.409 e. The number of sulfonamides is 1. The summed E-state index contributed by atoms with van der Waals surface area (Å²) in [6, 6.07) is 6.30. The third kappa shape index (κ3) is 6.45. The topological polar surface area (TPSA) is 96.4 Å². The lowest BCUT2D eigenvalue weighted by atomic mass is 9.87. The molecule has 2 aromatic rings. The van der Waals surface area contributed by atoms with Crippen molar-refractivity contribution >= 4 is 27.7 Å². The lowest BCUT2D eigenvalue weighted by Crippen LogP contribution is -2.53. The van der Waals surface area contributed by atoms with Gasteiger partial charge in [-0.3, -0.25) is 0 Å². The van der Waals surface area contributed by atoms with E-state index in [9.17, 15) is 27.1 Å². The Hall–Kier alpha value is -2.31. The molecule has 12 heteroatoms. The van der Waals surface area contributed by atoms with Crippen LogP contribution in [0, 0.1) is 11.6 Å². The van der Waals surface area contributed by atoms with Gasteiger partial charge < -0.3 is 19.5 Å². The maximum absolute atomic E-state index is 14.1. The molecular formula is C26H31ClF2N2O6S. The van der Waals surface area contributed by atoms with Gasteiger partial charge >= 0.3 is 6.09 Å². The number of hydrogen-bond acceptors (Lipinski definition) is 6. The first-order valence-corrected chi connectivity index (χ1v) is 14.3. The highest BCUT2D eigenvalue weighted by Crippen LogP contribution is 2.35. The summed E-state index contributed by atoms with van der Waals surface area (Å²) in [6.07, 6.45) is 1.69. The van der Waals surface area contributed by atoms with Crippen LogP contribution in [0.25, 0.3) is 0 Å². The third-order valence-corrected chi connectivity index (χ3v) is 9.21. The van der Waals surface area contributed by atoms with E-state index in [1.54, 1.807) is 0 Å². The van der Waals surface area contributed by atoms with E-state index in [1.807, 2.05) is 6.92 Å². The first kappa shape index (κ1) is 28.7. The van der Waals surface area contributed by atoms with E-state index in [0.717, 1.165) is 22.9 Å². The number of amides is 1. The molecule has 2 atom stereocenters. The molecule has 0 radical (unpaired) electrons. The second kappa shape index (κ2) is 11.8. The summed E-state index contributed by atoms with van der Waals surface area (Å²) in [5, 5.41) is 10.9. The van der Waals surface area contributed by atoms with E-state index in [2.05, 4.69) is 0 Å². The predicted octanol–water partition coefficient (Wildman–Crippen LogP) is 4.51. The zero-order valence-corrected chi connectivity index (χ0v) is 22.6. The van der Waals surface area contributed by atoms with Crippen molar-refractivity contribution in [3.63, 3.8) is 0 Å². The number of piperidine rings is 1. The average molecular weight is 573 g/mol. The molecule has 2 fully saturated rings. The summed E-state index contributed by atoms with van der Waals surface area (Å²) in [7, 11) is -4.23. The zero-order chi connectivity index (χ0) is 27.5. The van der Waals surface area contributed by atoms with Crippen molar-refractivity contribution in [1.29, 1.82) is 0 Å². The molecule has 0 aliphatic carbocycles. The number of halogens is 3. The van der Waals surface area contributed by atoms with Crippen molar-refractivity contribution in [2.75, 3.05) is 32.9 Å². The number of carbonyl (C=O) groups is 1. The van der Waals surface area contributed by atoms with E-state index in [1.165, 1.54) is 29.2 Å². The summed E-state index contributed by atoms with van der Waals surface area (Å²) in [5.74, 6) is -1.71. The minimum absolute atomic E-state index is 0.0716. The summed E-state index contributed by atoms with van der Waals surface area (Å²) in [4.78, 5) is 14.2. The van der Waals surface area contributed by atoms with Crippen molar-refractivity contribution in [3.8, 4) is 0 Å². The second-order valence-corrected chi connectivity index (χ2v) is 12.0. The van der Waals surface area contributed by atoms with Gasteiger partial charge in [0.15, 0.2) is 0 Å². The van der Waals surface area contributed by atoms with Gasteiger partial charge in [-0.05, 0) is 61.2 Å². The van der Waals surface area contributed by atoms with Crippen LogP contribution in [0.5, 0.6) is 0 Å². The molecule has 38 heavy (non-hydrogen) atoms. The normalized spacial score (nSPS) is 22.3. The predicted molar refractivity (Wildman–Crippen MR) is 136 cm³/mol. The molecule has 1 amide bonds. The number of rotatable bonds is 7. The lowest BCUT2D eigenvalue weighted by molar-refractivity contribution is -0.0425. The summed E-state index contributed by atoms with van der Waals surface area (Å²) in [5.41, 5.74) is -0.734. The summed E-state index contributed by atoms with van der Waals surface area (Å²) < 4.78 is 68.0. The molecule has 0 bridgehead atoms. The summed E-state index contributed by atoms with van der Waals surface area (Å²) in [6.45, 7) is 2.03. The van der Waals surface area contributed by atoms with Gasteiger partial charge in [0.05, 0.1) is 35.8 Å². The van der Waals surface area contributed by atoms with Gasteiger partial charge in [-0.25, -0.2) is 22.0 Å². The second-order valence-electron chi connectivity index (χ2n) is 9.74. The van der Waals surface area contributed by atoms with Crippen LogP contribution in [0.2, 0.25) is 5.02 Å². The fourth-order valence-corrected chi connectivity index (χ4v) is 6.90. The van der Waals surface area contributed by atoms with Crippen LogP contribution in [0.3, 0.4) is 0 Å². The van der Waals surface area contributed by atoms with E-state index < -0.39 is 45.4 Å². The van der Waals surface area contributed by atoms with Crippen molar-refractivity contribution in [2.45, 2.75) is 55.2 Å². The van der Waals surface area contributed by atoms with Crippen molar-refractivity contribution in [3.05, 3.63) is 64.7 Å². The Kier molecular flexibility index (Phi) is 8.93. The molecule has 0 saturated carbocycles. The van der Waals surface area contributed by atoms with E-state index in [-0.39, 0.29) is 30.3 Å². The minimum Gasteiger partial charge on any atom is -0.448 e. The summed E-state index contributed by atoms with van der Waals surface area (Å²) >= 11 is 5.94. The van der Waals surface area contributed by atoms with Crippen LogP contribution in [0.15, 0.2) is 47.4 Å². The molecule has 0 spiro atoms. The molecule has 208 valence electrons. The highest BCUT2D eigenvalue weighted by atomic mass is 35.5. The number of ether oxygens (including phenoxy) is 2. The SMILES string of the molecule is CCCC1(O)CCN(C(=O)OC[C@H]2COC[C@@H](c3cc(F)cc(F)c3)N2S(=O)(=O)c2ccc(Cl)cc2)CC1. The van der Waals surface area contributed by atoms with E-state index >= 15 is 0 Å². The van der Waals surface area contributed by atoms with Crippen LogP contribution in [-0.2, 0) is 19.5 Å². The first-order valence-electron chi connectivity index (χ1n) is 12.5. The van der Waals surface area contributed by atoms with Gasteiger partial charge in [-0.2, -0.15) is 4.31 Å². The number of carbonyl (C=O) groups excluding carboxylic acids is 1. The highest BCUT2D eigenvalue weighted by Gasteiger charge is 2.43. The van der Waals surface area contributed by atoms with Gasteiger partial charge in [0, 0.05) is 24.2 Å². The smallest absolute Gasteiger partial charge is 0.409 e. The largest absolute Gasteiger partial charge is 0.448 e. The highest BCUT2D eigenvalue weighted by molar-refractivity contribution is 7.89. The molecule has 0 unspecified atom stereocenters. The Labute approximate surface area is 226 Å². The van der Waals surface area contributed by atoms with Crippen LogP contribution in [0.4, 0.5) is 13.6 Å². The third-order valence-electron chi connectivity index (χ3n) is 6.98. The van der Waals surface area contributed by atoms with Crippen molar-refractivity contribution in [2.24, 2.45) is 0 Å². The fourth-order valence-electron chi connectivity index (χ4n) is 5.02. The van der Waals surface area contributed by atoms with Gasteiger partial charge in [0.2, 0.25) is 10.0 Å². The Morgan fingerprint density at radius 1 is 1.13 bits per heavy atom. The molecule has 2 aliphatic heterocycles. The molecule has 4 rings (SSSR count). The average Bonchev–Trinajstić information content (AvgIpc) is 2.87. The van der Waals surface area contributed by atoms with Gasteiger partial charge in [-0.15, -0.1) is 0 Å².